The maximum absolute atomic E-state index is 3.40. The molecule has 2 unspecified atom stereocenters. The van der Waals surface area contributed by atoms with Gasteiger partial charge in [-0.3, -0.25) is 4.90 Å². The van der Waals surface area contributed by atoms with Gasteiger partial charge in [-0.15, -0.1) is 0 Å². The SMILES string of the molecule is CNC(C)(CCC(C)C(C)C)N(C)C. The summed E-state index contributed by atoms with van der Waals surface area (Å²) in [6.45, 7) is 9.21. The molecule has 0 aliphatic heterocycles. The number of hydrogen-bond acceptors (Lipinski definition) is 2. The van der Waals surface area contributed by atoms with Gasteiger partial charge in [0.15, 0.2) is 0 Å². The molecule has 0 aromatic heterocycles. The molecule has 0 saturated heterocycles. The van der Waals surface area contributed by atoms with Crippen LogP contribution in [-0.4, -0.2) is 31.7 Å². The summed E-state index contributed by atoms with van der Waals surface area (Å²) in [6, 6.07) is 0. The van der Waals surface area contributed by atoms with Crippen molar-refractivity contribution in [3.05, 3.63) is 0 Å². The molecule has 0 fully saturated rings. The predicted molar refractivity (Wildman–Crippen MR) is 64.4 cm³/mol. The third-order valence-corrected chi connectivity index (χ3v) is 3.75. The van der Waals surface area contributed by atoms with Crippen LogP contribution in [0.2, 0.25) is 0 Å². The van der Waals surface area contributed by atoms with E-state index in [1.165, 1.54) is 12.8 Å². The molecular weight excluding hydrogens is 172 g/mol. The third kappa shape index (κ3) is 3.97. The zero-order valence-electron chi connectivity index (χ0n) is 11.0. The zero-order chi connectivity index (χ0) is 11.4. The first-order valence-electron chi connectivity index (χ1n) is 5.70. The highest BCUT2D eigenvalue weighted by atomic mass is 15.3. The molecule has 0 aromatic rings. The maximum Gasteiger partial charge on any atom is 0.0676 e. The van der Waals surface area contributed by atoms with Crippen molar-refractivity contribution in [3.63, 3.8) is 0 Å². The second-order valence-corrected chi connectivity index (χ2v) is 5.18. The lowest BCUT2D eigenvalue weighted by Gasteiger charge is -2.37. The van der Waals surface area contributed by atoms with Crippen molar-refractivity contribution >= 4 is 0 Å². The van der Waals surface area contributed by atoms with Crippen LogP contribution in [-0.2, 0) is 0 Å². The smallest absolute Gasteiger partial charge is 0.0676 e. The first-order valence-corrected chi connectivity index (χ1v) is 5.70. The second kappa shape index (κ2) is 5.72. The van der Waals surface area contributed by atoms with Gasteiger partial charge in [-0.2, -0.15) is 0 Å². The molecule has 0 radical (unpaired) electrons. The zero-order valence-corrected chi connectivity index (χ0v) is 11.0. The Morgan fingerprint density at radius 1 is 1.21 bits per heavy atom. The van der Waals surface area contributed by atoms with Gasteiger partial charge in [-0.25, -0.2) is 0 Å². The van der Waals surface area contributed by atoms with Crippen LogP contribution in [0.4, 0.5) is 0 Å². The molecular formula is C12H28N2. The summed E-state index contributed by atoms with van der Waals surface area (Å²) in [7, 11) is 6.31. The molecule has 14 heavy (non-hydrogen) atoms. The molecule has 86 valence electrons. The Morgan fingerprint density at radius 2 is 1.71 bits per heavy atom. The first kappa shape index (κ1) is 13.9. The summed E-state index contributed by atoms with van der Waals surface area (Å²) in [5.74, 6) is 1.60. The lowest BCUT2D eigenvalue weighted by Crippen LogP contribution is -2.52. The molecule has 0 aromatic carbocycles. The molecule has 0 saturated carbocycles. The third-order valence-electron chi connectivity index (χ3n) is 3.75. The first-order chi connectivity index (χ1) is 6.33. The summed E-state index contributed by atoms with van der Waals surface area (Å²) in [4.78, 5) is 2.26. The monoisotopic (exact) mass is 200 g/mol. The van der Waals surface area contributed by atoms with Crippen molar-refractivity contribution in [2.75, 3.05) is 21.1 Å². The van der Waals surface area contributed by atoms with Crippen molar-refractivity contribution in [2.24, 2.45) is 11.8 Å². The van der Waals surface area contributed by atoms with E-state index in [0.717, 1.165) is 11.8 Å². The van der Waals surface area contributed by atoms with E-state index in [2.05, 4.69) is 52.0 Å². The largest absolute Gasteiger partial charge is 0.302 e. The molecule has 0 rings (SSSR count). The van der Waals surface area contributed by atoms with E-state index < -0.39 is 0 Å². The van der Waals surface area contributed by atoms with Crippen molar-refractivity contribution < 1.29 is 0 Å². The lowest BCUT2D eigenvalue weighted by molar-refractivity contribution is 0.115. The van der Waals surface area contributed by atoms with Gasteiger partial charge in [0.05, 0.1) is 5.66 Å². The van der Waals surface area contributed by atoms with Gasteiger partial charge < -0.3 is 5.32 Å². The van der Waals surface area contributed by atoms with Crippen LogP contribution in [0.15, 0.2) is 0 Å². The van der Waals surface area contributed by atoms with E-state index in [0.29, 0.717) is 0 Å². The highest BCUT2D eigenvalue weighted by molar-refractivity contribution is 4.79. The molecule has 2 heteroatoms. The molecule has 0 amide bonds. The van der Waals surface area contributed by atoms with Gasteiger partial charge in [-0.05, 0) is 52.7 Å². The molecule has 0 spiro atoms. The van der Waals surface area contributed by atoms with Gasteiger partial charge in [0.1, 0.15) is 0 Å². The summed E-state index contributed by atoms with van der Waals surface area (Å²) < 4.78 is 0. The van der Waals surface area contributed by atoms with E-state index in [9.17, 15) is 0 Å². The topological polar surface area (TPSA) is 15.3 Å². The minimum Gasteiger partial charge on any atom is -0.302 e. The van der Waals surface area contributed by atoms with Crippen LogP contribution < -0.4 is 5.32 Å². The summed E-state index contributed by atoms with van der Waals surface area (Å²) in [5.41, 5.74) is 0.142. The molecule has 2 atom stereocenters. The number of hydrogen-bond donors (Lipinski definition) is 1. The molecule has 2 nitrogen and oxygen atoms in total. The lowest BCUT2D eigenvalue weighted by atomic mass is 9.89. The minimum absolute atomic E-state index is 0.142. The van der Waals surface area contributed by atoms with Crippen molar-refractivity contribution in [3.8, 4) is 0 Å². The number of rotatable bonds is 6. The highest BCUT2D eigenvalue weighted by Crippen LogP contribution is 2.22. The van der Waals surface area contributed by atoms with Gasteiger partial charge in [0.25, 0.3) is 0 Å². The van der Waals surface area contributed by atoms with Crippen LogP contribution in [0.3, 0.4) is 0 Å². The normalized spacial score (nSPS) is 18.6. The van der Waals surface area contributed by atoms with E-state index in [1.807, 2.05) is 7.05 Å². The Hall–Kier alpha value is -0.0800. The Labute approximate surface area is 90.1 Å². The average Bonchev–Trinajstić information content (AvgIpc) is 2.12. The van der Waals surface area contributed by atoms with Crippen LogP contribution in [0.25, 0.3) is 0 Å². The van der Waals surface area contributed by atoms with Gasteiger partial charge in [-0.1, -0.05) is 20.8 Å². The van der Waals surface area contributed by atoms with E-state index >= 15 is 0 Å². The fourth-order valence-electron chi connectivity index (χ4n) is 1.41. The fourth-order valence-corrected chi connectivity index (χ4v) is 1.41. The Balaban J connectivity index is 4.08. The van der Waals surface area contributed by atoms with Crippen LogP contribution in [0, 0.1) is 11.8 Å². The quantitative estimate of drug-likeness (QED) is 0.663. The molecule has 0 heterocycles. The Morgan fingerprint density at radius 3 is 2.00 bits per heavy atom. The Bertz CT molecular complexity index is 154. The number of nitrogens with one attached hydrogen (secondary N) is 1. The fraction of sp³-hybridized carbons (Fsp3) is 1.00. The van der Waals surface area contributed by atoms with Gasteiger partial charge >= 0.3 is 0 Å². The highest BCUT2D eigenvalue weighted by Gasteiger charge is 2.25. The summed E-state index contributed by atoms with van der Waals surface area (Å²) in [5, 5.41) is 3.40. The average molecular weight is 200 g/mol. The summed E-state index contributed by atoms with van der Waals surface area (Å²) in [6.07, 6.45) is 2.49. The van der Waals surface area contributed by atoms with Crippen molar-refractivity contribution in [2.45, 2.75) is 46.2 Å². The van der Waals surface area contributed by atoms with E-state index in [1.54, 1.807) is 0 Å². The summed E-state index contributed by atoms with van der Waals surface area (Å²) >= 11 is 0. The van der Waals surface area contributed by atoms with Crippen LogP contribution in [0.1, 0.15) is 40.5 Å². The molecule has 1 N–H and O–H groups in total. The molecule has 0 aliphatic rings. The Kier molecular flexibility index (Phi) is 5.68. The second-order valence-electron chi connectivity index (χ2n) is 5.18. The van der Waals surface area contributed by atoms with Crippen LogP contribution in [0.5, 0.6) is 0 Å². The predicted octanol–water partition coefficient (Wildman–Crippen LogP) is 2.56. The molecule has 0 bridgehead atoms. The van der Waals surface area contributed by atoms with Crippen molar-refractivity contribution in [1.82, 2.24) is 10.2 Å². The van der Waals surface area contributed by atoms with Crippen LogP contribution >= 0.6 is 0 Å². The number of nitrogens with zero attached hydrogens (tertiary/aromatic N) is 1. The minimum atomic E-state index is 0.142. The maximum atomic E-state index is 3.40. The molecule has 0 aliphatic carbocycles. The van der Waals surface area contributed by atoms with E-state index in [-0.39, 0.29) is 5.66 Å². The van der Waals surface area contributed by atoms with Crippen molar-refractivity contribution in [1.29, 1.82) is 0 Å². The van der Waals surface area contributed by atoms with Gasteiger partial charge in [0.2, 0.25) is 0 Å². The van der Waals surface area contributed by atoms with E-state index in [4.69, 9.17) is 0 Å². The standard InChI is InChI=1S/C12H28N2/c1-10(2)11(3)8-9-12(4,13-5)14(6)7/h10-11,13H,8-9H2,1-7H3. The van der Waals surface area contributed by atoms with Gasteiger partial charge in [0, 0.05) is 0 Å².